The first kappa shape index (κ1) is 19.1. The molecule has 6 heteroatoms. The van der Waals surface area contributed by atoms with Gasteiger partial charge in [0.2, 0.25) is 5.89 Å². The summed E-state index contributed by atoms with van der Waals surface area (Å²) >= 11 is 0. The second-order valence-electron chi connectivity index (χ2n) is 7.24. The lowest BCUT2D eigenvalue weighted by Crippen LogP contribution is -2.45. The molecule has 0 saturated carbocycles. The molecule has 1 aliphatic rings. The molecule has 3 aromatic rings. The molecule has 4 rings (SSSR count). The zero-order chi connectivity index (χ0) is 20.1. The van der Waals surface area contributed by atoms with Gasteiger partial charge in [0.1, 0.15) is 6.26 Å². The van der Waals surface area contributed by atoms with Crippen LogP contribution in [-0.4, -0.2) is 37.1 Å². The van der Waals surface area contributed by atoms with Crippen molar-refractivity contribution in [3.8, 4) is 11.5 Å². The zero-order valence-electron chi connectivity index (χ0n) is 16.9. The van der Waals surface area contributed by atoms with E-state index >= 15 is 0 Å². The number of oxazole rings is 1. The van der Waals surface area contributed by atoms with Crippen LogP contribution in [0.4, 0.5) is 5.69 Å². The highest BCUT2D eigenvalue weighted by Gasteiger charge is 2.22. The van der Waals surface area contributed by atoms with Crippen molar-refractivity contribution in [1.29, 1.82) is 0 Å². The molecule has 0 radical (unpaired) electrons. The normalized spacial score (nSPS) is 14.6. The minimum Gasteiger partial charge on any atom is -0.444 e. The van der Waals surface area contributed by atoms with Gasteiger partial charge in [0.15, 0.2) is 5.96 Å². The Morgan fingerprint density at radius 3 is 2.76 bits per heavy atom. The van der Waals surface area contributed by atoms with Crippen LogP contribution in [0.2, 0.25) is 0 Å². The molecule has 1 aromatic heterocycles. The maximum Gasteiger partial charge on any atom is 0.226 e. The summed E-state index contributed by atoms with van der Waals surface area (Å²) in [6.45, 7) is 4.67. The van der Waals surface area contributed by atoms with Gasteiger partial charge < -0.3 is 20.0 Å². The third-order valence-electron chi connectivity index (χ3n) is 5.25. The summed E-state index contributed by atoms with van der Waals surface area (Å²) < 4.78 is 5.60. The maximum absolute atomic E-state index is 5.60. The Labute approximate surface area is 171 Å². The molecule has 1 atom stereocenters. The fourth-order valence-corrected chi connectivity index (χ4v) is 3.67. The van der Waals surface area contributed by atoms with Crippen molar-refractivity contribution >= 4 is 11.6 Å². The average Bonchev–Trinajstić information content (AvgIpc) is 3.41. The van der Waals surface area contributed by atoms with Crippen LogP contribution in [0.25, 0.3) is 11.5 Å². The Bertz CT molecular complexity index is 966. The highest BCUT2D eigenvalue weighted by molar-refractivity contribution is 5.79. The quantitative estimate of drug-likeness (QED) is 0.499. The Balaban J connectivity index is 1.29. The van der Waals surface area contributed by atoms with Crippen LogP contribution in [0.15, 0.2) is 70.3 Å². The number of guanidine groups is 1. The number of rotatable bonds is 6. The molecular formula is C23H27N5O. The molecule has 29 heavy (non-hydrogen) atoms. The van der Waals surface area contributed by atoms with E-state index in [1.165, 1.54) is 11.3 Å². The average molecular weight is 390 g/mol. The number of para-hydroxylation sites is 1. The van der Waals surface area contributed by atoms with Gasteiger partial charge in [-0.2, -0.15) is 0 Å². The number of aliphatic imine (C=N–C) groups is 1. The van der Waals surface area contributed by atoms with Crippen molar-refractivity contribution in [2.75, 3.05) is 25.0 Å². The van der Waals surface area contributed by atoms with Crippen molar-refractivity contribution in [3.05, 3.63) is 72.1 Å². The summed E-state index contributed by atoms with van der Waals surface area (Å²) in [6.07, 6.45) is 2.80. The van der Waals surface area contributed by atoms with Crippen LogP contribution in [0.5, 0.6) is 0 Å². The SMILES string of the molecule is CN=C(NCc1coc(-c2ccccc2)n1)NCC(C)N1CCc2ccccc21. The van der Waals surface area contributed by atoms with Gasteiger partial charge in [-0.05, 0) is 37.1 Å². The van der Waals surface area contributed by atoms with Crippen molar-refractivity contribution in [3.63, 3.8) is 0 Å². The van der Waals surface area contributed by atoms with Crippen LogP contribution >= 0.6 is 0 Å². The molecular weight excluding hydrogens is 362 g/mol. The van der Waals surface area contributed by atoms with Crippen molar-refractivity contribution < 1.29 is 4.42 Å². The van der Waals surface area contributed by atoms with Gasteiger partial charge in [-0.3, -0.25) is 4.99 Å². The van der Waals surface area contributed by atoms with E-state index in [1.54, 1.807) is 13.3 Å². The van der Waals surface area contributed by atoms with E-state index in [0.717, 1.165) is 36.7 Å². The van der Waals surface area contributed by atoms with Crippen LogP contribution in [0, 0.1) is 0 Å². The summed E-state index contributed by atoms with van der Waals surface area (Å²) in [6, 6.07) is 18.9. The summed E-state index contributed by atoms with van der Waals surface area (Å²) in [4.78, 5) is 11.3. The van der Waals surface area contributed by atoms with Gasteiger partial charge in [0.25, 0.3) is 0 Å². The summed E-state index contributed by atoms with van der Waals surface area (Å²) in [5, 5.41) is 6.74. The zero-order valence-corrected chi connectivity index (χ0v) is 16.9. The van der Waals surface area contributed by atoms with E-state index in [1.807, 2.05) is 30.3 Å². The first-order valence-corrected chi connectivity index (χ1v) is 10.0. The fraction of sp³-hybridized carbons (Fsp3) is 0.304. The summed E-state index contributed by atoms with van der Waals surface area (Å²) in [7, 11) is 1.78. The van der Waals surface area contributed by atoms with Crippen LogP contribution in [-0.2, 0) is 13.0 Å². The van der Waals surface area contributed by atoms with Crippen LogP contribution in [0.1, 0.15) is 18.2 Å². The molecule has 2 aromatic carbocycles. The first-order chi connectivity index (χ1) is 14.2. The number of nitrogens with one attached hydrogen (secondary N) is 2. The van der Waals surface area contributed by atoms with E-state index in [9.17, 15) is 0 Å². The third kappa shape index (κ3) is 4.42. The Morgan fingerprint density at radius 2 is 1.93 bits per heavy atom. The molecule has 0 spiro atoms. The van der Waals surface area contributed by atoms with Gasteiger partial charge in [-0.25, -0.2) is 4.98 Å². The standard InChI is InChI=1S/C23H27N5O/c1-17(28-13-12-18-8-6-7-11-21(18)28)14-25-23(24-2)26-15-20-16-29-22(27-20)19-9-4-3-5-10-19/h3-11,16-17H,12-15H2,1-2H3,(H2,24,25,26). The second-order valence-corrected chi connectivity index (χ2v) is 7.24. The molecule has 150 valence electrons. The topological polar surface area (TPSA) is 65.7 Å². The Morgan fingerprint density at radius 1 is 1.14 bits per heavy atom. The maximum atomic E-state index is 5.60. The van der Waals surface area contributed by atoms with E-state index in [-0.39, 0.29) is 0 Å². The van der Waals surface area contributed by atoms with E-state index in [4.69, 9.17) is 4.42 Å². The highest BCUT2D eigenvalue weighted by Crippen LogP contribution is 2.28. The molecule has 2 N–H and O–H groups in total. The van der Waals surface area contributed by atoms with E-state index in [0.29, 0.717) is 18.5 Å². The number of aromatic nitrogens is 1. The van der Waals surface area contributed by atoms with E-state index < -0.39 is 0 Å². The number of hydrogen-bond donors (Lipinski definition) is 2. The Hall–Kier alpha value is -3.28. The third-order valence-corrected chi connectivity index (χ3v) is 5.25. The first-order valence-electron chi connectivity index (χ1n) is 10.0. The molecule has 0 bridgehead atoms. The number of nitrogens with zero attached hydrogens (tertiary/aromatic N) is 3. The number of hydrogen-bond acceptors (Lipinski definition) is 4. The van der Waals surface area contributed by atoms with Gasteiger partial charge in [-0.15, -0.1) is 0 Å². The van der Waals surface area contributed by atoms with Crippen LogP contribution < -0.4 is 15.5 Å². The van der Waals surface area contributed by atoms with Crippen molar-refractivity contribution in [2.45, 2.75) is 25.9 Å². The lowest BCUT2D eigenvalue weighted by molar-refractivity contribution is 0.572. The molecule has 0 fully saturated rings. The smallest absolute Gasteiger partial charge is 0.226 e. The number of anilines is 1. The van der Waals surface area contributed by atoms with Gasteiger partial charge >= 0.3 is 0 Å². The number of benzene rings is 2. The van der Waals surface area contributed by atoms with Crippen LogP contribution in [0.3, 0.4) is 0 Å². The molecule has 1 unspecified atom stereocenters. The molecule has 6 nitrogen and oxygen atoms in total. The van der Waals surface area contributed by atoms with Crippen molar-refractivity contribution in [2.24, 2.45) is 4.99 Å². The summed E-state index contributed by atoms with van der Waals surface area (Å²) in [5.41, 5.74) is 4.59. The number of fused-ring (bicyclic) bond motifs is 1. The summed E-state index contributed by atoms with van der Waals surface area (Å²) in [5.74, 6) is 1.39. The van der Waals surface area contributed by atoms with Gasteiger partial charge in [0.05, 0.1) is 12.2 Å². The molecule has 0 aliphatic carbocycles. The van der Waals surface area contributed by atoms with E-state index in [2.05, 4.69) is 56.7 Å². The lowest BCUT2D eigenvalue weighted by Gasteiger charge is -2.28. The second kappa shape index (κ2) is 8.82. The fourth-order valence-electron chi connectivity index (χ4n) is 3.67. The predicted octanol–water partition coefficient (Wildman–Crippen LogP) is 3.46. The predicted molar refractivity (Wildman–Crippen MR) is 117 cm³/mol. The Kier molecular flexibility index (Phi) is 5.79. The lowest BCUT2D eigenvalue weighted by atomic mass is 10.2. The monoisotopic (exact) mass is 389 g/mol. The molecule has 1 aliphatic heterocycles. The molecule has 2 heterocycles. The largest absolute Gasteiger partial charge is 0.444 e. The highest BCUT2D eigenvalue weighted by atomic mass is 16.3. The molecule has 0 amide bonds. The van der Waals surface area contributed by atoms with Gasteiger partial charge in [-0.1, -0.05) is 36.4 Å². The van der Waals surface area contributed by atoms with Gasteiger partial charge in [0, 0.05) is 37.4 Å². The minimum absolute atomic E-state index is 0.369. The minimum atomic E-state index is 0.369. The molecule has 0 saturated heterocycles. The van der Waals surface area contributed by atoms with Crippen molar-refractivity contribution in [1.82, 2.24) is 15.6 Å².